The Balaban J connectivity index is 3.35. The summed E-state index contributed by atoms with van der Waals surface area (Å²) >= 11 is 0. The molecule has 0 saturated heterocycles. The van der Waals surface area contributed by atoms with Crippen molar-refractivity contribution in [1.29, 1.82) is 5.41 Å². The van der Waals surface area contributed by atoms with E-state index in [1.807, 2.05) is 5.32 Å². The van der Waals surface area contributed by atoms with Gasteiger partial charge >= 0.3 is 6.03 Å². The molecule has 2 amide bonds. The van der Waals surface area contributed by atoms with Crippen LogP contribution in [0.5, 0.6) is 28.7 Å². The van der Waals surface area contributed by atoms with Crippen LogP contribution in [0.3, 0.4) is 0 Å². The number of hydrogen-bond donors (Lipinski definition) is 7. The van der Waals surface area contributed by atoms with E-state index in [0.29, 0.717) is 0 Å². The van der Waals surface area contributed by atoms with Crippen molar-refractivity contribution in [2.24, 2.45) is 5.73 Å². The topological polar surface area (TPSA) is 170 Å². The Hall–Kier alpha value is -3.04. The van der Waals surface area contributed by atoms with Crippen molar-refractivity contribution in [3.63, 3.8) is 0 Å². The van der Waals surface area contributed by atoms with Gasteiger partial charge in [-0.1, -0.05) is 0 Å². The van der Waals surface area contributed by atoms with Gasteiger partial charge in [-0.2, -0.15) is 0 Å². The number of hydrogen-bond acceptors (Lipinski definition) is 7. The normalized spacial score (nSPS) is 9.70. The van der Waals surface area contributed by atoms with E-state index in [2.05, 4.69) is 5.32 Å². The number of nitrogens with one attached hydrogen (secondary N) is 3. The van der Waals surface area contributed by atoms with Gasteiger partial charge in [-0.05, 0) is 0 Å². The number of carbonyl (C=O) groups excluding carboxylic acids is 1. The molecule has 0 aromatic heterocycles. The van der Waals surface area contributed by atoms with Gasteiger partial charge in [0, 0.05) is 0 Å². The summed E-state index contributed by atoms with van der Waals surface area (Å²) in [4.78, 5) is 11.5. The van der Waals surface area contributed by atoms with Gasteiger partial charge in [0.05, 0.1) is 14.2 Å². The van der Waals surface area contributed by atoms with Crippen molar-refractivity contribution in [2.45, 2.75) is 0 Å². The second-order valence-corrected chi connectivity index (χ2v) is 3.48. The highest BCUT2D eigenvalue weighted by molar-refractivity contribution is 6.03. The molecule has 0 unspecified atom stereocenters. The van der Waals surface area contributed by atoms with Gasteiger partial charge in [-0.25, -0.2) is 4.79 Å². The lowest BCUT2D eigenvalue weighted by molar-refractivity contribution is 0.255. The average Bonchev–Trinajstić information content (AvgIpc) is 2.36. The number of ether oxygens (including phenoxy) is 2. The number of urea groups is 1. The summed E-state index contributed by atoms with van der Waals surface area (Å²) in [6.45, 7) is 0. The number of anilines is 1. The number of carbonyl (C=O) groups is 1. The van der Waals surface area contributed by atoms with Gasteiger partial charge in [-0.3, -0.25) is 10.7 Å². The standard InChI is InChI=1S/C10H14N4O6/c1-19-7-3(13-10(18)14-9(11)12)8(20-2)6(17)4(15)5(7)16/h15-17H,1-2H3,(H5,11,12,13,14,18). The van der Waals surface area contributed by atoms with E-state index in [1.54, 1.807) is 0 Å². The molecular weight excluding hydrogens is 272 g/mol. The first kappa shape index (κ1) is 15.0. The smallest absolute Gasteiger partial charge is 0.326 e. The number of rotatable bonds is 3. The van der Waals surface area contributed by atoms with Gasteiger partial charge in [0.1, 0.15) is 5.69 Å². The van der Waals surface area contributed by atoms with Crippen LogP contribution in [0.1, 0.15) is 0 Å². The number of aromatic hydroxyl groups is 3. The molecule has 110 valence electrons. The summed E-state index contributed by atoms with van der Waals surface area (Å²) in [6.07, 6.45) is 0. The molecule has 10 heteroatoms. The van der Waals surface area contributed by atoms with Crippen molar-refractivity contribution in [3.8, 4) is 28.7 Å². The van der Waals surface area contributed by atoms with Crippen LogP contribution in [-0.2, 0) is 0 Å². The third kappa shape index (κ3) is 2.68. The number of guanidine groups is 1. The highest BCUT2D eigenvalue weighted by Gasteiger charge is 2.26. The molecule has 20 heavy (non-hydrogen) atoms. The van der Waals surface area contributed by atoms with E-state index in [4.69, 9.17) is 20.6 Å². The first-order valence-corrected chi connectivity index (χ1v) is 5.14. The molecular formula is C10H14N4O6. The largest absolute Gasteiger partial charge is 0.502 e. The fourth-order valence-corrected chi connectivity index (χ4v) is 1.45. The summed E-state index contributed by atoms with van der Waals surface area (Å²) < 4.78 is 9.66. The van der Waals surface area contributed by atoms with Crippen molar-refractivity contribution in [2.75, 3.05) is 19.5 Å². The van der Waals surface area contributed by atoms with Crippen LogP contribution in [0.2, 0.25) is 0 Å². The second kappa shape index (κ2) is 5.73. The molecule has 0 heterocycles. The summed E-state index contributed by atoms with van der Waals surface area (Å²) in [5.41, 5.74) is 4.73. The second-order valence-electron chi connectivity index (χ2n) is 3.48. The SMILES string of the molecule is COc1c(O)c(O)c(O)c(OC)c1NC(=O)NC(=N)N. The molecule has 0 bridgehead atoms. The van der Waals surface area contributed by atoms with Gasteiger partial charge in [-0.15, -0.1) is 0 Å². The van der Waals surface area contributed by atoms with E-state index in [-0.39, 0.29) is 17.2 Å². The highest BCUT2D eigenvalue weighted by Crippen LogP contribution is 2.54. The minimum atomic E-state index is -0.932. The number of phenols is 3. The van der Waals surface area contributed by atoms with Crippen molar-refractivity contribution < 1.29 is 29.6 Å². The Bertz CT molecular complexity index is 528. The van der Waals surface area contributed by atoms with Crippen LogP contribution in [0, 0.1) is 5.41 Å². The summed E-state index contributed by atoms with van der Waals surface area (Å²) in [5, 5.41) is 39.8. The lowest BCUT2D eigenvalue weighted by Crippen LogP contribution is -2.38. The third-order valence-corrected chi connectivity index (χ3v) is 2.23. The van der Waals surface area contributed by atoms with Crippen LogP contribution in [-0.4, -0.2) is 41.5 Å². The maximum Gasteiger partial charge on any atom is 0.326 e. The lowest BCUT2D eigenvalue weighted by Gasteiger charge is -2.17. The van der Waals surface area contributed by atoms with Crippen molar-refractivity contribution >= 4 is 17.7 Å². The molecule has 8 N–H and O–H groups in total. The van der Waals surface area contributed by atoms with Crippen LogP contribution < -0.4 is 25.8 Å². The summed E-state index contributed by atoms with van der Waals surface area (Å²) in [6, 6.07) is -0.932. The van der Waals surface area contributed by atoms with Crippen molar-refractivity contribution in [1.82, 2.24) is 5.32 Å². The molecule has 1 aromatic carbocycles. The maximum atomic E-state index is 11.5. The third-order valence-electron chi connectivity index (χ3n) is 2.23. The molecule has 0 saturated carbocycles. The lowest BCUT2D eigenvalue weighted by atomic mass is 10.2. The highest BCUT2D eigenvalue weighted by atomic mass is 16.5. The molecule has 0 aliphatic rings. The van der Waals surface area contributed by atoms with Gasteiger partial charge in [0.25, 0.3) is 0 Å². The van der Waals surface area contributed by atoms with Gasteiger partial charge in [0.15, 0.2) is 17.5 Å². The average molecular weight is 286 g/mol. The molecule has 0 radical (unpaired) electrons. The molecule has 0 atom stereocenters. The van der Waals surface area contributed by atoms with Crippen molar-refractivity contribution in [3.05, 3.63) is 0 Å². The Morgan fingerprint density at radius 1 is 1.10 bits per heavy atom. The van der Waals surface area contributed by atoms with Gasteiger partial charge in [0.2, 0.25) is 17.2 Å². The Morgan fingerprint density at radius 3 is 1.90 bits per heavy atom. The minimum absolute atomic E-state index is 0.249. The Labute approximate surface area is 113 Å². The first-order valence-electron chi connectivity index (χ1n) is 5.14. The van der Waals surface area contributed by atoms with Crippen LogP contribution in [0.15, 0.2) is 0 Å². The molecule has 0 aliphatic heterocycles. The predicted molar refractivity (Wildman–Crippen MR) is 68.6 cm³/mol. The van der Waals surface area contributed by atoms with E-state index in [9.17, 15) is 20.1 Å². The molecule has 0 spiro atoms. The van der Waals surface area contributed by atoms with E-state index in [0.717, 1.165) is 0 Å². The Morgan fingerprint density at radius 2 is 1.55 bits per heavy atom. The summed E-state index contributed by atoms with van der Waals surface area (Å²) in [5.74, 6) is -3.73. The summed E-state index contributed by atoms with van der Waals surface area (Å²) in [7, 11) is 2.33. The van der Waals surface area contributed by atoms with E-state index >= 15 is 0 Å². The number of benzene rings is 1. The zero-order valence-corrected chi connectivity index (χ0v) is 10.6. The number of nitrogens with two attached hydrogens (primary N) is 1. The number of phenolic OH excluding ortho intramolecular Hbond substituents is 3. The quantitative estimate of drug-likeness (QED) is 0.175. The van der Waals surface area contributed by atoms with E-state index < -0.39 is 29.2 Å². The number of methoxy groups -OCH3 is 2. The van der Waals surface area contributed by atoms with Crippen LogP contribution in [0.4, 0.5) is 10.5 Å². The predicted octanol–water partition coefficient (Wildman–Crippen LogP) is -0.164. The zero-order chi connectivity index (χ0) is 15.4. The van der Waals surface area contributed by atoms with Crippen LogP contribution in [0.25, 0.3) is 0 Å². The molecule has 1 rings (SSSR count). The minimum Gasteiger partial charge on any atom is -0.502 e. The Kier molecular flexibility index (Phi) is 4.31. The fourth-order valence-electron chi connectivity index (χ4n) is 1.45. The number of amides is 2. The molecule has 1 aromatic rings. The van der Waals surface area contributed by atoms with Crippen LogP contribution >= 0.6 is 0 Å². The molecule has 0 fully saturated rings. The maximum absolute atomic E-state index is 11.5. The zero-order valence-electron chi connectivity index (χ0n) is 10.6. The first-order chi connectivity index (χ1) is 9.33. The monoisotopic (exact) mass is 286 g/mol. The van der Waals surface area contributed by atoms with E-state index in [1.165, 1.54) is 14.2 Å². The van der Waals surface area contributed by atoms with Gasteiger partial charge < -0.3 is 35.8 Å². The molecule has 0 aliphatic carbocycles. The molecule has 10 nitrogen and oxygen atoms in total. The fraction of sp³-hybridized carbons (Fsp3) is 0.200.